The minimum atomic E-state index is -0.236. The van der Waals surface area contributed by atoms with Crippen molar-refractivity contribution in [2.45, 2.75) is 39.2 Å². The van der Waals surface area contributed by atoms with Gasteiger partial charge in [-0.3, -0.25) is 4.79 Å². The van der Waals surface area contributed by atoms with Gasteiger partial charge in [-0.2, -0.15) is 0 Å². The molecule has 3 rings (SSSR count). The summed E-state index contributed by atoms with van der Waals surface area (Å²) in [4.78, 5) is 21.7. The Hall–Kier alpha value is -1.20. The summed E-state index contributed by atoms with van der Waals surface area (Å²) in [5.74, 6) is 1.29. The summed E-state index contributed by atoms with van der Waals surface area (Å²) in [6, 6.07) is -0.236. The topological polar surface area (TPSA) is 71.8 Å². The Bertz CT molecular complexity index is 656. The van der Waals surface area contributed by atoms with Crippen LogP contribution < -0.4 is 11.3 Å². The van der Waals surface area contributed by atoms with E-state index in [2.05, 4.69) is 16.9 Å². The molecule has 2 aromatic rings. The maximum absolute atomic E-state index is 12.2. The summed E-state index contributed by atoms with van der Waals surface area (Å²) in [5, 5.41) is 0.798. The van der Waals surface area contributed by atoms with E-state index in [4.69, 9.17) is 5.73 Å². The van der Waals surface area contributed by atoms with Crippen LogP contribution in [0.3, 0.4) is 0 Å². The molecule has 4 nitrogen and oxygen atoms in total. The maximum Gasteiger partial charge on any atom is 0.259 e. The van der Waals surface area contributed by atoms with E-state index in [0.29, 0.717) is 11.7 Å². The highest BCUT2D eigenvalue weighted by atomic mass is 32.1. The van der Waals surface area contributed by atoms with E-state index in [1.807, 2.05) is 6.92 Å². The number of nitrogens with one attached hydrogen (secondary N) is 1. The van der Waals surface area contributed by atoms with Crippen LogP contribution in [0.25, 0.3) is 10.2 Å². The zero-order valence-electron chi connectivity index (χ0n) is 10.6. The van der Waals surface area contributed by atoms with Crippen molar-refractivity contribution in [1.29, 1.82) is 0 Å². The van der Waals surface area contributed by atoms with E-state index in [1.165, 1.54) is 10.4 Å². The molecule has 0 saturated carbocycles. The number of aromatic amines is 1. The van der Waals surface area contributed by atoms with E-state index in [0.717, 1.165) is 29.5 Å². The quantitative estimate of drug-likeness (QED) is 0.828. The fraction of sp³-hybridized carbons (Fsp3) is 0.538. The number of aryl methyl sites for hydroxylation is 1. The monoisotopic (exact) mass is 263 g/mol. The van der Waals surface area contributed by atoms with E-state index >= 15 is 0 Å². The van der Waals surface area contributed by atoms with Crippen molar-refractivity contribution in [2.24, 2.45) is 11.7 Å². The molecule has 2 atom stereocenters. The molecular weight excluding hydrogens is 246 g/mol. The lowest BCUT2D eigenvalue weighted by Gasteiger charge is -2.17. The first kappa shape index (κ1) is 11.9. The molecule has 1 aliphatic carbocycles. The summed E-state index contributed by atoms with van der Waals surface area (Å²) >= 11 is 1.66. The van der Waals surface area contributed by atoms with Crippen LogP contribution in [0.1, 0.15) is 42.6 Å². The third kappa shape index (κ3) is 1.78. The number of hydrogen-bond acceptors (Lipinski definition) is 4. The van der Waals surface area contributed by atoms with Gasteiger partial charge in [-0.05, 0) is 37.7 Å². The zero-order chi connectivity index (χ0) is 12.9. The summed E-state index contributed by atoms with van der Waals surface area (Å²) in [5.41, 5.74) is 6.98. The van der Waals surface area contributed by atoms with Crippen LogP contribution in [0.5, 0.6) is 0 Å². The Balaban J connectivity index is 2.25. The lowest BCUT2D eigenvalue weighted by atomic mass is 9.89. The van der Waals surface area contributed by atoms with Crippen LogP contribution in [-0.2, 0) is 12.8 Å². The zero-order valence-corrected chi connectivity index (χ0v) is 11.4. The number of nitrogens with zero attached hydrogens (tertiary/aromatic N) is 1. The first-order chi connectivity index (χ1) is 8.56. The van der Waals surface area contributed by atoms with Crippen molar-refractivity contribution in [1.82, 2.24) is 9.97 Å². The highest BCUT2D eigenvalue weighted by Crippen LogP contribution is 2.35. The molecule has 0 amide bonds. The third-order valence-electron chi connectivity index (χ3n) is 3.62. The van der Waals surface area contributed by atoms with Gasteiger partial charge in [0.25, 0.3) is 5.56 Å². The minimum Gasteiger partial charge on any atom is -0.322 e. The van der Waals surface area contributed by atoms with E-state index in [-0.39, 0.29) is 11.6 Å². The van der Waals surface area contributed by atoms with Crippen LogP contribution >= 0.6 is 11.3 Å². The number of aromatic nitrogens is 2. The van der Waals surface area contributed by atoms with Gasteiger partial charge in [0.2, 0.25) is 0 Å². The van der Waals surface area contributed by atoms with Gasteiger partial charge in [0.1, 0.15) is 10.7 Å². The van der Waals surface area contributed by atoms with Gasteiger partial charge in [0, 0.05) is 4.88 Å². The van der Waals surface area contributed by atoms with Gasteiger partial charge in [-0.15, -0.1) is 11.3 Å². The van der Waals surface area contributed by atoms with Gasteiger partial charge in [-0.1, -0.05) is 6.92 Å². The van der Waals surface area contributed by atoms with Crippen LogP contribution in [0.4, 0.5) is 0 Å². The number of fused-ring (bicyclic) bond motifs is 3. The number of hydrogen-bond donors (Lipinski definition) is 2. The van der Waals surface area contributed by atoms with Crippen LogP contribution in [-0.4, -0.2) is 9.97 Å². The Kier molecular flexibility index (Phi) is 2.75. The number of rotatable bonds is 1. The molecule has 0 spiro atoms. The van der Waals surface area contributed by atoms with Crippen molar-refractivity contribution in [3.63, 3.8) is 0 Å². The number of H-pyrrole nitrogens is 1. The predicted molar refractivity (Wildman–Crippen MR) is 74.0 cm³/mol. The summed E-state index contributed by atoms with van der Waals surface area (Å²) in [6.45, 7) is 4.10. The second-order valence-corrected chi connectivity index (χ2v) is 6.36. The molecule has 0 fully saturated rings. The molecule has 2 unspecified atom stereocenters. The predicted octanol–water partition coefficient (Wildman–Crippen LogP) is 2.13. The van der Waals surface area contributed by atoms with Crippen molar-refractivity contribution in [3.05, 3.63) is 26.6 Å². The van der Waals surface area contributed by atoms with Crippen molar-refractivity contribution in [3.8, 4) is 0 Å². The molecule has 5 heteroatoms. The first-order valence-electron chi connectivity index (χ1n) is 6.36. The highest BCUT2D eigenvalue weighted by molar-refractivity contribution is 7.18. The molecule has 2 aromatic heterocycles. The molecule has 3 N–H and O–H groups in total. The van der Waals surface area contributed by atoms with Crippen molar-refractivity contribution >= 4 is 21.6 Å². The molecule has 0 bridgehead atoms. The smallest absolute Gasteiger partial charge is 0.259 e. The first-order valence-corrected chi connectivity index (χ1v) is 7.18. The Morgan fingerprint density at radius 3 is 3.06 bits per heavy atom. The Morgan fingerprint density at radius 2 is 2.33 bits per heavy atom. The normalized spacial score (nSPS) is 20.9. The van der Waals surface area contributed by atoms with Gasteiger partial charge < -0.3 is 10.7 Å². The van der Waals surface area contributed by atoms with E-state index in [9.17, 15) is 4.79 Å². The van der Waals surface area contributed by atoms with Gasteiger partial charge in [0.15, 0.2) is 0 Å². The summed E-state index contributed by atoms with van der Waals surface area (Å²) in [7, 11) is 0. The third-order valence-corrected chi connectivity index (χ3v) is 4.76. The fourth-order valence-corrected chi connectivity index (χ4v) is 3.97. The maximum atomic E-state index is 12.2. The Labute approximate surface area is 109 Å². The molecule has 0 aliphatic heterocycles. The molecule has 2 heterocycles. The molecule has 96 valence electrons. The van der Waals surface area contributed by atoms with Gasteiger partial charge >= 0.3 is 0 Å². The lowest BCUT2D eigenvalue weighted by molar-refractivity contribution is 0.509. The Morgan fingerprint density at radius 1 is 1.56 bits per heavy atom. The molecule has 0 radical (unpaired) electrons. The van der Waals surface area contributed by atoms with Gasteiger partial charge in [-0.25, -0.2) is 4.98 Å². The number of thiophene rings is 1. The minimum absolute atomic E-state index is 0.0284. The molecule has 0 aromatic carbocycles. The van der Waals surface area contributed by atoms with Crippen LogP contribution in [0.15, 0.2) is 4.79 Å². The van der Waals surface area contributed by atoms with Crippen molar-refractivity contribution in [2.75, 3.05) is 0 Å². The molecule has 1 aliphatic rings. The van der Waals surface area contributed by atoms with Gasteiger partial charge in [0.05, 0.1) is 11.4 Å². The lowest BCUT2D eigenvalue weighted by Crippen LogP contribution is -2.18. The van der Waals surface area contributed by atoms with Crippen molar-refractivity contribution < 1.29 is 0 Å². The molecule has 18 heavy (non-hydrogen) atoms. The molecule has 0 saturated heterocycles. The molecular formula is C13H17N3OS. The second-order valence-electron chi connectivity index (χ2n) is 5.27. The van der Waals surface area contributed by atoms with Crippen LogP contribution in [0, 0.1) is 5.92 Å². The standard InChI is InChI=1S/C13H17N3OS/c1-6-3-4-8-9(5-6)18-13-10(8)12(17)15-11(16-13)7(2)14/h6-7H,3-5,14H2,1-2H3,(H,15,16,17). The highest BCUT2D eigenvalue weighted by Gasteiger charge is 2.23. The number of nitrogens with two attached hydrogens (primary N) is 1. The van der Waals surface area contributed by atoms with Crippen LogP contribution in [0.2, 0.25) is 0 Å². The second kappa shape index (κ2) is 4.17. The van der Waals surface area contributed by atoms with E-state index in [1.54, 1.807) is 11.3 Å². The average Bonchev–Trinajstić information content (AvgIpc) is 2.66. The fourth-order valence-electron chi connectivity index (χ4n) is 2.58. The summed E-state index contributed by atoms with van der Waals surface area (Å²) in [6.07, 6.45) is 3.23. The van der Waals surface area contributed by atoms with E-state index < -0.39 is 0 Å². The largest absolute Gasteiger partial charge is 0.322 e. The summed E-state index contributed by atoms with van der Waals surface area (Å²) < 4.78 is 0. The SMILES string of the molecule is CC1CCc2c(sc3nc(C(C)N)[nH]c(=O)c23)C1. The average molecular weight is 263 g/mol.